The van der Waals surface area contributed by atoms with Crippen molar-refractivity contribution in [3.63, 3.8) is 0 Å². The molecule has 0 saturated heterocycles. The average Bonchev–Trinajstić information content (AvgIpc) is 2.92. The number of hydrogen-bond donors (Lipinski definition) is 0. The summed E-state index contributed by atoms with van der Waals surface area (Å²) in [5.74, 6) is 0. The maximum Gasteiger partial charge on any atom is -0.00264 e. The average molecular weight is 467 g/mol. The normalized spacial score (nSPS) is 11.4. The van der Waals surface area contributed by atoms with Gasteiger partial charge in [-0.2, -0.15) is 0 Å². The number of rotatable bonds is 4. The molecular weight excluding hydrogens is 439 g/mol. The molecule has 0 N–H and O–H groups in total. The van der Waals surface area contributed by atoms with E-state index in [2.05, 4.69) is 141 Å². The molecule has 0 amide bonds. The van der Waals surface area contributed by atoms with Crippen molar-refractivity contribution in [2.45, 2.75) is 0 Å². The van der Waals surface area contributed by atoms with E-state index in [0.717, 1.165) is 0 Å². The minimum absolute atomic E-state index is 0.101. The molecule has 1 heteroatoms. The molecular formula is C34H27P. The molecule has 0 spiro atoms. The Bertz CT molecular complexity index is 1570. The Labute approximate surface area is 208 Å². The van der Waals surface area contributed by atoms with Crippen molar-refractivity contribution in [3.8, 4) is 33.4 Å². The fraction of sp³-hybridized carbons (Fsp3) is 0.0588. The van der Waals surface area contributed by atoms with Gasteiger partial charge in [0.1, 0.15) is 0 Å². The Morgan fingerprint density at radius 2 is 0.686 bits per heavy atom. The van der Waals surface area contributed by atoms with Gasteiger partial charge in [0.15, 0.2) is 0 Å². The minimum atomic E-state index is -0.101. The fourth-order valence-electron chi connectivity index (χ4n) is 5.14. The quantitative estimate of drug-likeness (QED) is 0.179. The van der Waals surface area contributed by atoms with Crippen LogP contribution in [0.5, 0.6) is 0 Å². The van der Waals surface area contributed by atoms with Crippen LogP contribution in [0.15, 0.2) is 127 Å². The van der Waals surface area contributed by atoms with Crippen molar-refractivity contribution in [3.05, 3.63) is 127 Å². The van der Waals surface area contributed by atoms with Gasteiger partial charge < -0.3 is 0 Å². The van der Waals surface area contributed by atoms with E-state index in [-0.39, 0.29) is 7.92 Å². The molecule has 0 aromatic heterocycles. The predicted octanol–water partition coefficient (Wildman–Crippen LogP) is 9.36. The van der Waals surface area contributed by atoms with E-state index in [4.69, 9.17) is 0 Å². The zero-order valence-electron chi connectivity index (χ0n) is 20.1. The van der Waals surface area contributed by atoms with Gasteiger partial charge >= 0.3 is 0 Å². The largest absolute Gasteiger partial charge is 0.0817 e. The molecule has 0 fully saturated rings. The summed E-state index contributed by atoms with van der Waals surface area (Å²) in [5.41, 5.74) is 7.65. The van der Waals surface area contributed by atoms with Gasteiger partial charge in [0.05, 0.1) is 0 Å². The lowest BCUT2D eigenvalue weighted by molar-refractivity contribution is 1.61. The summed E-state index contributed by atoms with van der Waals surface area (Å²) in [6.45, 7) is 4.62. The number of hydrogen-bond acceptors (Lipinski definition) is 0. The van der Waals surface area contributed by atoms with Crippen molar-refractivity contribution >= 4 is 34.8 Å². The molecule has 0 heterocycles. The van der Waals surface area contributed by atoms with E-state index in [1.165, 1.54) is 60.2 Å². The molecule has 0 aliphatic heterocycles. The van der Waals surface area contributed by atoms with Crippen LogP contribution in [0.25, 0.3) is 54.9 Å². The molecule has 0 aliphatic rings. The summed E-state index contributed by atoms with van der Waals surface area (Å²) in [6, 6.07) is 46.6. The van der Waals surface area contributed by atoms with Crippen molar-refractivity contribution < 1.29 is 0 Å². The maximum atomic E-state index is 2.31. The summed E-state index contributed by atoms with van der Waals surface area (Å²) in [7, 11) is -0.101. The molecule has 0 atom stereocenters. The maximum absolute atomic E-state index is 2.31. The Kier molecular flexibility index (Phi) is 5.69. The van der Waals surface area contributed by atoms with Gasteiger partial charge in [-0.05, 0) is 73.6 Å². The molecule has 0 bridgehead atoms. The predicted molar refractivity (Wildman–Crippen MR) is 156 cm³/mol. The van der Waals surface area contributed by atoms with Crippen LogP contribution in [0.3, 0.4) is 0 Å². The highest BCUT2D eigenvalue weighted by molar-refractivity contribution is 7.64. The monoisotopic (exact) mass is 466 g/mol. The first-order valence-electron chi connectivity index (χ1n) is 12.1. The van der Waals surface area contributed by atoms with Gasteiger partial charge in [0.25, 0.3) is 0 Å². The second kappa shape index (κ2) is 9.14. The smallest absolute Gasteiger partial charge is 0.00264 e. The lowest BCUT2D eigenvalue weighted by Gasteiger charge is -2.18. The SMILES string of the molecule is CP(C)c1ccc(-c2c3ccccc3c(-c3ccc(-c4ccccc4)cc3)c3ccccc23)cc1. The summed E-state index contributed by atoms with van der Waals surface area (Å²) >= 11 is 0. The van der Waals surface area contributed by atoms with Gasteiger partial charge in [0, 0.05) is 0 Å². The van der Waals surface area contributed by atoms with E-state index < -0.39 is 0 Å². The third-order valence-electron chi connectivity index (χ3n) is 6.88. The van der Waals surface area contributed by atoms with E-state index in [1.54, 1.807) is 0 Å². The van der Waals surface area contributed by atoms with E-state index in [1.807, 2.05) is 0 Å². The van der Waals surface area contributed by atoms with Crippen LogP contribution in [0.2, 0.25) is 0 Å². The topological polar surface area (TPSA) is 0 Å². The summed E-state index contributed by atoms with van der Waals surface area (Å²) in [6.07, 6.45) is 0. The van der Waals surface area contributed by atoms with Crippen LogP contribution in [0, 0.1) is 0 Å². The first-order chi connectivity index (χ1) is 17.2. The third-order valence-corrected chi connectivity index (χ3v) is 8.22. The van der Waals surface area contributed by atoms with Gasteiger partial charge in [-0.1, -0.05) is 135 Å². The molecule has 6 aromatic carbocycles. The zero-order chi connectivity index (χ0) is 23.8. The van der Waals surface area contributed by atoms with E-state index in [0.29, 0.717) is 0 Å². The fourth-order valence-corrected chi connectivity index (χ4v) is 5.88. The van der Waals surface area contributed by atoms with Crippen LogP contribution >= 0.6 is 7.92 Å². The molecule has 6 rings (SSSR count). The molecule has 0 aliphatic carbocycles. The second-order valence-corrected chi connectivity index (χ2v) is 11.5. The first kappa shape index (κ1) is 21.8. The minimum Gasteiger partial charge on any atom is -0.0817 e. The highest BCUT2D eigenvalue weighted by atomic mass is 31.1. The van der Waals surface area contributed by atoms with E-state index >= 15 is 0 Å². The van der Waals surface area contributed by atoms with Crippen molar-refractivity contribution in [1.82, 2.24) is 0 Å². The Balaban J connectivity index is 1.60. The summed E-state index contributed by atoms with van der Waals surface area (Å²) in [5, 5.41) is 6.64. The summed E-state index contributed by atoms with van der Waals surface area (Å²) < 4.78 is 0. The van der Waals surface area contributed by atoms with Crippen molar-refractivity contribution in [1.29, 1.82) is 0 Å². The standard InChI is InChI=1S/C34H27P/c1-35(2)28-22-20-27(21-23-28)34-31-14-8-6-12-29(31)33(30-13-7-9-15-32(30)34)26-18-16-25(17-19-26)24-10-4-3-5-11-24/h3-23H,1-2H3. The van der Waals surface area contributed by atoms with Gasteiger partial charge in [-0.25, -0.2) is 0 Å². The first-order valence-corrected chi connectivity index (χ1v) is 14.3. The van der Waals surface area contributed by atoms with Crippen LogP contribution in [0.4, 0.5) is 0 Å². The third kappa shape index (κ3) is 3.95. The van der Waals surface area contributed by atoms with Crippen LogP contribution < -0.4 is 5.30 Å². The van der Waals surface area contributed by atoms with Crippen molar-refractivity contribution in [2.75, 3.05) is 13.3 Å². The van der Waals surface area contributed by atoms with Crippen LogP contribution in [-0.4, -0.2) is 13.3 Å². The molecule has 35 heavy (non-hydrogen) atoms. The lowest BCUT2D eigenvalue weighted by Crippen LogP contribution is -1.98. The number of fused-ring (bicyclic) bond motifs is 2. The highest BCUT2D eigenvalue weighted by Gasteiger charge is 2.16. The van der Waals surface area contributed by atoms with Gasteiger partial charge in [0.2, 0.25) is 0 Å². The molecule has 0 saturated carbocycles. The van der Waals surface area contributed by atoms with Crippen LogP contribution in [-0.2, 0) is 0 Å². The van der Waals surface area contributed by atoms with Gasteiger partial charge in [-0.3, -0.25) is 0 Å². The lowest BCUT2D eigenvalue weighted by atomic mass is 9.86. The Morgan fingerprint density at radius 1 is 0.343 bits per heavy atom. The van der Waals surface area contributed by atoms with E-state index in [9.17, 15) is 0 Å². The zero-order valence-corrected chi connectivity index (χ0v) is 21.0. The Hall–Kier alpha value is -3.73. The molecule has 0 unspecified atom stereocenters. The summed E-state index contributed by atoms with van der Waals surface area (Å²) in [4.78, 5) is 0. The van der Waals surface area contributed by atoms with Gasteiger partial charge in [-0.15, -0.1) is 0 Å². The molecule has 0 radical (unpaired) electrons. The molecule has 6 aromatic rings. The molecule has 168 valence electrons. The molecule has 0 nitrogen and oxygen atoms in total. The van der Waals surface area contributed by atoms with Crippen molar-refractivity contribution in [2.24, 2.45) is 0 Å². The highest BCUT2D eigenvalue weighted by Crippen LogP contribution is 2.43. The second-order valence-electron chi connectivity index (χ2n) is 9.23. The Morgan fingerprint density at radius 3 is 1.11 bits per heavy atom. The van der Waals surface area contributed by atoms with Crippen LogP contribution in [0.1, 0.15) is 0 Å². The number of benzene rings is 6.